The van der Waals surface area contributed by atoms with Gasteiger partial charge in [0.25, 0.3) is 5.69 Å². The number of hydrogen-bond acceptors (Lipinski definition) is 6. The van der Waals surface area contributed by atoms with Crippen molar-refractivity contribution >= 4 is 21.4 Å². The lowest BCUT2D eigenvalue weighted by atomic mass is 10.3. The molecule has 0 atom stereocenters. The van der Waals surface area contributed by atoms with Gasteiger partial charge in [-0.05, 0) is 12.1 Å². The maximum atomic E-state index is 11.9. The van der Waals surface area contributed by atoms with Crippen LogP contribution in [-0.4, -0.2) is 28.4 Å². The van der Waals surface area contributed by atoms with Crippen LogP contribution < -0.4 is 10.4 Å². The largest absolute Gasteiger partial charge is 0.493 e. The number of rotatable bonds is 5. The number of aromatic hydroxyl groups is 1. The second-order valence-corrected chi connectivity index (χ2v) is 5.79. The summed E-state index contributed by atoms with van der Waals surface area (Å²) in [6, 6.07) is 4.76. The topological polar surface area (TPSA) is 158 Å². The first-order valence-corrected chi connectivity index (χ1v) is 7.17. The number of hydrogen-bond donors (Lipinski definition) is 4. The molecule has 4 N–H and O–H groups in total. The second kappa shape index (κ2) is 5.28. The molecule has 10 nitrogen and oxygen atoms in total. The van der Waals surface area contributed by atoms with Crippen molar-refractivity contribution in [1.82, 2.24) is 9.97 Å². The van der Waals surface area contributed by atoms with Gasteiger partial charge in [0.2, 0.25) is 15.9 Å². The van der Waals surface area contributed by atoms with Crippen molar-refractivity contribution in [2.45, 2.75) is 5.75 Å². The number of H-pyrrole nitrogens is 2. The third-order valence-electron chi connectivity index (χ3n) is 2.47. The average Bonchev–Trinajstić information content (AvgIpc) is 2.67. The van der Waals surface area contributed by atoms with Crippen LogP contribution in [0.25, 0.3) is 0 Å². The highest BCUT2D eigenvalue weighted by atomic mass is 32.2. The van der Waals surface area contributed by atoms with Crippen molar-refractivity contribution in [3.8, 4) is 5.88 Å². The summed E-state index contributed by atoms with van der Waals surface area (Å²) in [7, 11) is -3.90. The fourth-order valence-electron chi connectivity index (χ4n) is 1.57. The zero-order chi connectivity index (χ0) is 15.6. The first-order valence-electron chi connectivity index (χ1n) is 5.52. The third kappa shape index (κ3) is 3.60. The summed E-state index contributed by atoms with van der Waals surface area (Å²) in [6.45, 7) is 0. The predicted octanol–water partition coefficient (Wildman–Crippen LogP) is 0.259. The lowest BCUT2D eigenvalue weighted by Gasteiger charge is -2.06. The molecule has 0 bridgehead atoms. The van der Waals surface area contributed by atoms with Crippen LogP contribution >= 0.6 is 0 Å². The number of nitrogens with zero attached hydrogens (tertiary/aromatic N) is 1. The van der Waals surface area contributed by atoms with Crippen LogP contribution in [0.4, 0.5) is 11.4 Å². The molecule has 1 aromatic carbocycles. The molecule has 0 unspecified atom stereocenters. The molecule has 0 saturated heterocycles. The Bertz CT molecular complexity index is 820. The Labute approximate surface area is 117 Å². The summed E-state index contributed by atoms with van der Waals surface area (Å²) in [5.74, 6) is -1.22. The van der Waals surface area contributed by atoms with E-state index in [1.165, 1.54) is 12.1 Å². The van der Waals surface area contributed by atoms with Crippen LogP contribution in [0.5, 0.6) is 5.88 Å². The quantitative estimate of drug-likeness (QED) is 0.457. The van der Waals surface area contributed by atoms with Crippen molar-refractivity contribution in [3.05, 3.63) is 50.6 Å². The average molecular weight is 314 g/mol. The summed E-state index contributed by atoms with van der Waals surface area (Å²) < 4.78 is 25.9. The maximum Gasteiger partial charge on any atom is 0.325 e. The molecule has 0 spiro atoms. The van der Waals surface area contributed by atoms with Gasteiger partial charge in [-0.15, -0.1) is 0 Å². The zero-order valence-corrected chi connectivity index (χ0v) is 11.2. The fraction of sp³-hybridized carbons (Fsp3) is 0.100. The molecule has 11 heteroatoms. The Morgan fingerprint density at radius 1 is 1.24 bits per heavy atom. The van der Waals surface area contributed by atoms with Gasteiger partial charge < -0.3 is 10.1 Å². The van der Waals surface area contributed by atoms with E-state index in [0.717, 1.165) is 12.1 Å². The molecular weight excluding hydrogens is 304 g/mol. The molecule has 1 heterocycles. The van der Waals surface area contributed by atoms with E-state index in [9.17, 15) is 28.4 Å². The number of benzene rings is 1. The zero-order valence-electron chi connectivity index (χ0n) is 10.4. The molecule has 0 saturated carbocycles. The molecule has 1 aromatic heterocycles. The summed E-state index contributed by atoms with van der Waals surface area (Å²) in [5, 5.41) is 19.8. The van der Waals surface area contributed by atoms with Gasteiger partial charge in [0.1, 0.15) is 5.75 Å². The van der Waals surface area contributed by atoms with Gasteiger partial charge in [-0.25, -0.2) is 13.2 Å². The number of aromatic nitrogens is 2. The van der Waals surface area contributed by atoms with Crippen molar-refractivity contribution in [2.75, 3.05) is 4.72 Å². The maximum absolute atomic E-state index is 11.9. The van der Waals surface area contributed by atoms with E-state index in [0.29, 0.717) is 0 Å². The van der Waals surface area contributed by atoms with Crippen molar-refractivity contribution in [1.29, 1.82) is 0 Å². The Hall–Kier alpha value is -2.82. The number of nitrogens with one attached hydrogen (secondary N) is 3. The molecule has 21 heavy (non-hydrogen) atoms. The van der Waals surface area contributed by atoms with E-state index < -0.39 is 32.3 Å². The number of nitro benzene ring substituents is 1. The van der Waals surface area contributed by atoms with Gasteiger partial charge in [-0.3, -0.25) is 19.8 Å². The number of non-ortho nitro benzene ring substituents is 1. The highest BCUT2D eigenvalue weighted by Gasteiger charge is 2.17. The van der Waals surface area contributed by atoms with Crippen LogP contribution in [0.2, 0.25) is 0 Å². The van der Waals surface area contributed by atoms with E-state index in [4.69, 9.17) is 0 Å². The number of aromatic amines is 2. The van der Waals surface area contributed by atoms with Crippen LogP contribution in [-0.2, 0) is 15.8 Å². The SMILES string of the molecule is O=c1[nH]c(O)c(CS(=O)(=O)Nc2ccc([N+](=O)[O-])cc2)[nH]1. The van der Waals surface area contributed by atoms with Crippen LogP contribution in [0, 0.1) is 10.1 Å². The summed E-state index contributed by atoms with van der Waals surface area (Å²) in [6.07, 6.45) is 0. The van der Waals surface area contributed by atoms with E-state index in [1.807, 2.05) is 4.98 Å². The van der Waals surface area contributed by atoms with Gasteiger partial charge in [0, 0.05) is 17.8 Å². The predicted molar refractivity (Wildman–Crippen MR) is 72.4 cm³/mol. The number of sulfonamides is 1. The molecule has 0 amide bonds. The van der Waals surface area contributed by atoms with Crippen LogP contribution in [0.15, 0.2) is 29.1 Å². The fourth-order valence-corrected chi connectivity index (χ4v) is 2.73. The van der Waals surface area contributed by atoms with E-state index in [-0.39, 0.29) is 17.1 Å². The third-order valence-corrected chi connectivity index (χ3v) is 3.68. The van der Waals surface area contributed by atoms with E-state index in [1.54, 1.807) is 0 Å². The minimum Gasteiger partial charge on any atom is -0.493 e. The molecule has 2 rings (SSSR count). The molecule has 0 fully saturated rings. The van der Waals surface area contributed by atoms with E-state index in [2.05, 4.69) is 9.71 Å². The highest BCUT2D eigenvalue weighted by Crippen LogP contribution is 2.18. The van der Waals surface area contributed by atoms with Gasteiger partial charge in [0.15, 0.2) is 0 Å². The smallest absolute Gasteiger partial charge is 0.325 e. The first kappa shape index (κ1) is 14.6. The standard InChI is InChI=1S/C10H10N4O6S/c15-9-8(11-10(16)12-9)5-21(19,20)13-6-1-3-7(4-2-6)14(17)18/h1-4,13,15H,5H2,(H2,11,12,16). The van der Waals surface area contributed by atoms with Gasteiger partial charge >= 0.3 is 5.69 Å². The van der Waals surface area contributed by atoms with Crippen LogP contribution in [0.3, 0.4) is 0 Å². The van der Waals surface area contributed by atoms with Gasteiger partial charge in [-0.1, -0.05) is 0 Å². The Balaban J connectivity index is 2.15. The first-order chi connectivity index (χ1) is 9.77. The normalized spacial score (nSPS) is 11.2. The molecule has 0 aliphatic carbocycles. The highest BCUT2D eigenvalue weighted by molar-refractivity contribution is 7.91. The van der Waals surface area contributed by atoms with Crippen LogP contribution in [0.1, 0.15) is 5.69 Å². The van der Waals surface area contributed by atoms with Crippen molar-refractivity contribution < 1.29 is 18.4 Å². The number of imidazole rings is 1. The molecule has 0 aliphatic heterocycles. The minimum atomic E-state index is -3.90. The van der Waals surface area contributed by atoms with Gasteiger partial charge in [0.05, 0.1) is 10.6 Å². The molecular formula is C10H10N4O6S. The Morgan fingerprint density at radius 3 is 2.33 bits per heavy atom. The summed E-state index contributed by atoms with van der Waals surface area (Å²) in [4.78, 5) is 24.9. The lowest BCUT2D eigenvalue weighted by molar-refractivity contribution is -0.384. The molecule has 0 aliphatic rings. The van der Waals surface area contributed by atoms with Crippen molar-refractivity contribution in [2.24, 2.45) is 0 Å². The Kier molecular flexibility index (Phi) is 3.67. The molecule has 2 aromatic rings. The van der Waals surface area contributed by atoms with Crippen molar-refractivity contribution in [3.63, 3.8) is 0 Å². The number of anilines is 1. The molecule has 0 radical (unpaired) electrons. The second-order valence-electron chi connectivity index (χ2n) is 4.07. The summed E-state index contributed by atoms with van der Waals surface area (Å²) in [5.41, 5.74) is -0.967. The summed E-state index contributed by atoms with van der Waals surface area (Å²) >= 11 is 0. The molecule has 112 valence electrons. The van der Waals surface area contributed by atoms with E-state index >= 15 is 0 Å². The van der Waals surface area contributed by atoms with Gasteiger partial charge in [-0.2, -0.15) is 0 Å². The minimum absolute atomic E-state index is 0.123. The Morgan fingerprint density at radius 2 is 1.86 bits per heavy atom. The number of nitro groups is 1. The lowest BCUT2D eigenvalue weighted by Crippen LogP contribution is -2.16. The monoisotopic (exact) mass is 314 g/mol.